The molecule has 2 aromatic heterocycles. The largest absolute Gasteiger partial charge is 0.384 e. The molecule has 0 radical (unpaired) electrons. The van der Waals surface area contributed by atoms with Crippen LogP contribution in [0.2, 0.25) is 0 Å². The van der Waals surface area contributed by atoms with Crippen LogP contribution in [-0.2, 0) is 4.57 Å². The molecule has 8 nitrogen and oxygen atoms in total. The molecule has 0 aliphatic heterocycles. The molecule has 0 saturated carbocycles. The molecule has 2 aromatic rings. The Hall–Kier alpha value is -2.09. The fourth-order valence-electron chi connectivity index (χ4n) is 1.29. The van der Waals surface area contributed by atoms with Crippen molar-refractivity contribution in [2.24, 2.45) is 0 Å². The fourth-order valence-corrected chi connectivity index (χ4v) is 1.57. The molecule has 0 unspecified atom stereocenters. The number of anilines is 1. The minimum absolute atomic E-state index is 0.203. The van der Waals surface area contributed by atoms with E-state index < -0.39 is 13.2 Å². The van der Waals surface area contributed by atoms with Crippen LogP contribution >= 0.6 is 7.60 Å². The second-order valence-electron chi connectivity index (χ2n) is 3.46. The van der Waals surface area contributed by atoms with E-state index in [0.29, 0.717) is 17.2 Å². The third-order valence-corrected chi connectivity index (χ3v) is 2.85. The number of nitrogen functional groups attached to an aromatic ring is 1. The van der Waals surface area contributed by atoms with Gasteiger partial charge in [0, 0.05) is 6.20 Å². The highest BCUT2D eigenvalue weighted by atomic mass is 31.2. The number of aromatic nitrogens is 4. The van der Waals surface area contributed by atoms with Gasteiger partial charge in [0.2, 0.25) is 5.57 Å². The molecule has 10 heteroatoms. The molecule has 0 spiro atoms. The van der Waals surface area contributed by atoms with E-state index >= 15 is 0 Å². The Balaban J connectivity index is 2.33. The molecular weight excluding hydrogens is 276 g/mol. The first kappa shape index (κ1) is 13.3. The lowest BCUT2D eigenvalue weighted by Crippen LogP contribution is -1.94. The minimum atomic E-state index is -4.85. The van der Waals surface area contributed by atoms with Gasteiger partial charge in [-0.2, -0.15) is 4.39 Å². The van der Waals surface area contributed by atoms with Crippen molar-refractivity contribution in [3.05, 3.63) is 30.4 Å². The molecule has 0 fully saturated rings. The van der Waals surface area contributed by atoms with Gasteiger partial charge in [-0.25, -0.2) is 15.0 Å². The molecule has 0 aliphatic rings. The predicted octanol–water partition coefficient (Wildman–Crippen LogP) is 0.868. The topological polar surface area (TPSA) is 127 Å². The van der Waals surface area contributed by atoms with E-state index in [4.69, 9.17) is 15.5 Å². The maximum Gasteiger partial charge on any atom is 0.384 e. The summed E-state index contributed by atoms with van der Waals surface area (Å²) < 4.78 is 24.8. The van der Waals surface area contributed by atoms with Gasteiger partial charge in [-0.05, 0) is 12.2 Å². The Morgan fingerprint density at radius 1 is 1.42 bits per heavy atom. The lowest BCUT2D eigenvalue weighted by molar-refractivity contribution is 0.368. The van der Waals surface area contributed by atoms with Gasteiger partial charge in [-0.3, -0.25) is 9.13 Å². The first-order valence-corrected chi connectivity index (χ1v) is 6.54. The van der Waals surface area contributed by atoms with Crippen LogP contribution in [0.3, 0.4) is 0 Å². The average molecular weight is 285 g/mol. The summed E-state index contributed by atoms with van der Waals surface area (Å²) in [5.74, 6) is 0.203. The zero-order chi connectivity index (χ0) is 14.0. The summed E-state index contributed by atoms with van der Waals surface area (Å²) in [6.45, 7) is 0. The second kappa shape index (κ2) is 4.88. The van der Waals surface area contributed by atoms with E-state index in [1.165, 1.54) is 23.4 Å². The third kappa shape index (κ3) is 2.84. The fraction of sp³-hybridized carbons (Fsp3) is 0. The highest BCUT2D eigenvalue weighted by Gasteiger charge is 2.19. The van der Waals surface area contributed by atoms with E-state index in [0.717, 1.165) is 6.08 Å². The monoisotopic (exact) mass is 285 g/mol. The molecule has 0 bridgehead atoms. The summed E-state index contributed by atoms with van der Waals surface area (Å²) in [7, 11) is -4.85. The van der Waals surface area contributed by atoms with Crippen LogP contribution in [0.1, 0.15) is 0 Å². The van der Waals surface area contributed by atoms with Crippen LogP contribution in [0, 0.1) is 0 Å². The van der Waals surface area contributed by atoms with Gasteiger partial charge >= 0.3 is 7.60 Å². The van der Waals surface area contributed by atoms with E-state index in [1.807, 2.05) is 0 Å². The van der Waals surface area contributed by atoms with Crippen molar-refractivity contribution in [2.45, 2.75) is 0 Å². The van der Waals surface area contributed by atoms with Gasteiger partial charge in [0.05, 0.1) is 0 Å². The van der Waals surface area contributed by atoms with Gasteiger partial charge < -0.3 is 15.5 Å². The molecule has 2 rings (SSSR count). The zero-order valence-electron chi connectivity index (χ0n) is 9.38. The smallest absolute Gasteiger partial charge is 0.382 e. The standard InChI is InChI=1S/C9H9FN5O3P/c10-6(19(16,17)18)2-1-3-15-5-14-7-8(11)12-4-13-9(7)15/h1-5H,(H2,11,12,13)(H2,16,17,18). The van der Waals surface area contributed by atoms with Crippen molar-refractivity contribution in [2.75, 3.05) is 5.73 Å². The maximum atomic E-state index is 12.9. The van der Waals surface area contributed by atoms with E-state index in [2.05, 4.69) is 15.0 Å². The van der Waals surface area contributed by atoms with Crippen molar-refractivity contribution in [3.8, 4) is 0 Å². The Bertz CT molecular complexity index is 720. The number of halogens is 1. The minimum Gasteiger partial charge on any atom is -0.382 e. The molecular formula is C9H9FN5O3P. The lowest BCUT2D eigenvalue weighted by Gasteiger charge is -1.97. The van der Waals surface area contributed by atoms with Gasteiger partial charge in [-0.15, -0.1) is 0 Å². The Labute approximate surface area is 106 Å². The van der Waals surface area contributed by atoms with Crippen LogP contribution in [0.15, 0.2) is 30.4 Å². The van der Waals surface area contributed by atoms with Crippen molar-refractivity contribution in [3.63, 3.8) is 0 Å². The van der Waals surface area contributed by atoms with Crippen molar-refractivity contribution in [1.82, 2.24) is 19.5 Å². The van der Waals surface area contributed by atoms with Crippen LogP contribution in [0.5, 0.6) is 0 Å². The lowest BCUT2D eigenvalue weighted by atomic mass is 10.5. The molecule has 0 amide bonds. The summed E-state index contributed by atoms with van der Waals surface area (Å²) in [5.41, 5.74) is 4.83. The molecule has 0 aromatic carbocycles. The Morgan fingerprint density at radius 2 is 2.16 bits per heavy atom. The highest BCUT2D eigenvalue weighted by Crippen LogP contribution is 2.45. The summed E-state index contributed by atoms with van der Waals surface area (Å²) in [6.07, 6.45) is 5.73. The van der Waals surface area contributed by atoms with E-state index in [-0.39, 0.29) is 5.82 Å². The molecule has 19 heavy (non-hydrogen) atoms. The van der Waals surface area contributed by atoms with Gasteiger partial charge in [0.15, 0.2) is 17.0 Å². The predicted molar refractivity (Wildman–Crippen MR) is 66.3 cm³/mol. The van der Waals surface area contributed by atoms with Crippen LogP contribution in [-0.4, -0.2) is 29.3 Å². The molecule has 100 valence electrons. The number of imidazole rings is 1. The second-order valence-corrected chi connectivity index (χ2v) is 4.97. The number of allylic oxidation sites excluding steroid dienone is 2. The quantitative estimate of drug-likeness (QED) is 0.563. The molecule has 4 N–H and O–H groups in total. The number of nitrogens with two attached hydrogens (primary N) is 1. The van der Waals surface area contributed by atoms with Crippen molar-refractivity contribution < 1.29 is 18.7 Å². The number of fused-ring (bicyclic) bond motifs is 1. The van der Waals surface area contributed by atoms with Crippen molar-refractivity contribution in [1.29, 1.82) is 0 Å². The molecule has 2 heterocycles. The van der Waals surface area contributed by atoms with Crippen LogP contribution < -0.4 is 5.73 Å². The SMILES string of the molecule is Nc1ncnc2c1ncn2C=CC=C(F)P(=O)(O)O. The zero-order valence-corrected chi connectivity index (χ0v) is 10.3. The van der Waals surface area contributed by atoms with E-state index in [1.54, 1.807) is 0 Å². The third-order valence-electron chi connectivity index (χ3n) is 2.15. The Morgan fingerprint density at radius 3 is 2.84 bits per heavy atom. The molecule has 0 aliphatic carbocycles. The van der Waals surface area contributed by atoms with Gasteiger partial charge in [0.25, 0.3) is 0 Å². The normalized spacial score (nSPS) is 13.5. The average Bonchev–Trinajstić information content (AvgIpc) is 2.73. The van der Waals surface area contributed by atoms with Crippen LogP contribution in [0.4, 0.5) is 10.2 Å². The molecule has 0 atom stereocenters. The Kier molecular flexibility index (Phi) is 3.43. The van der Waals surface area contributed by atoms with E-state index in [9.17, 15) is 8.96 Å². The summed E-state index contributed by atoms with van der Waals surface area (Å²) >= 11 is 0. The summed E-state index contributed by atoms with van der Waals surface area (Å²) in [5, 5.41) is 0. The van der Waals surface area contributed by atoms with Gasteiger partial charge in [-0.1, -0.05) is 0 Å². The first-order chi connectivity index (χ1) is 8.89. The maximum absolute atomic E-state index is 12.9. The highest BCUT2D eigenvalue weighted by molar-refractivity contribution is 7.56. The van der Waals surface area contributed by atoms with Gasteiger partial charge in [0.1, 0.15) is 12.7 Å². The number of hydrogen-bond donors (Lipinski definition) is 3. The summed E-state index contributed by atoms with van der Waals surface area (Å²) in [4.78, 5) is 28.7. The van der Waals surface area contributed by atoms with Crippen molar-refractivity contribution >= 4 is 30.8 Å². The summed E-state index contributed by atoms with van der Waals surface area (Å²) in [6, 6.07) is 0. The number of nitrogens with zero attached hydrogens (tertiary/aromatic N) is 4. The number of rotatable bonds is 3. The first-order valence-electron chi connectivity index (χ1n) is 4.92. The number of hydrogen-bond acceptors (Lipinski definition) is 5. The van der Waals surface area contributed by atoms with Crippen LogP contribution in [0.25, 0.3) is 17.4 Å². The molecule has 0 saturated heterocycles.